The molecule has 0 aliphatic carbocycles. The van der Waals surface area contributed by atoms with Gasteiger partial charge in [0.05, 0.1) is 11.8 Å². The molecule has 1 aromatic rings. The third-order valence-corrected chi connectivity index (χ3v) is 3.34. The normalized spacial score (nSPS) is 25.8. The van der Waals surface area contributed by atoms with Crippen LogP contribution in [0.15, 0.2) is 6.20 Å². The molecular formula is C13H24N4O. The Labute approximate surface area is 109 Å². The molecule has 0 radical (unpaired) electrons. The molecule has 1 aromatic heterocycles. The zero-order valence-electron chi connectivity index (χ0n) is 12.1. The summed E-state index contributed by atoms with van der Waals surface area (Å²) in [6, 6.07) is 0. The van der Waals surface area contributed by atoms with Crippen molar-refractivity contribution in [3.63, 3.8) is 0 Å². The predicted molar refractivity (Wildman–Crippen MR) is 70.4 cm³/mol. The first kappa shape index (κ1) is 13.5. The maximum absolute atomic E-state index is 5.61. The first-order valence-corrected chi connectivity index (χ1v) is 6.50. The smallest absolute Gasteiger partial charge is 0.0897 e. The molecule has 0 saturated carbocycles. The van der Waals surface area contributed by atoms with Crippen LogP contribution >= 0.6 is 0 Å². The Morgan fingerprint density at radius 1 is 1.39 bits per heavy atom. The van der Waals surface area contributed by atoms with Gasteiger partial charge in [-0.05, 0) is 5.41 Å². The summed E-state index contributed by atoms with van der Waals surface area (Å²) in [7, 11) is 3.69. The lowest BCUT2D eigenvalue weighted by atomic mass is 9.96. The molecule has 5 heteroatoms. The molecule has 0 spiro atoms. The molecule has 5 nitrogen and oxygen atoms in total. The summed E-state index contributed by atoms with van der Waals surface area (Å²) in [4.78, 5) is 2.47. The molecule has 18 heavy (non-hydrogen) atoms. The topological polar surface area (TPSA) is 43.2 Å². The van der Waals surface area contributed by atoms with Crippen LogP contribution in [0, 0.1) is 5.41 Å². The molecule has 0 amide bonds. The van der Waals surface area contributed by atoms with Gasteiger partial charge in [0.15, 0.2) is 0 Å². The van der Waals surface area contributed by atoms with E-state index in [9.17, 15) is 0 Å². The van der Waals surface area contributed by atoms with Gasteiger partial charge in [0.1, 0.15) is 0 Å². The van der Waals surface area contributed by atoms with E-state index in [0.29, 0.717) is 11.3 Å². The average Bonchev–Trinajstić information content (AvgIpc) is 2.81. The van der Waals surface area contributed by atoms with Crippen molar-refractivity contribution in [3.05, 3.63) is 11.9 Å². The van der Waals surface area contributed by atoms with Crippen LogP contribution in [-0.2, 0) is 11.8 Å². The van der Waals surface area contributed by atoms with Gasteiger partial charge in [-0.2, -0.15) is 0 Å². The minimum absolute atomic E-state index is 0.226. The molecule has 0 unspecified atom stereocenters. The van der Waals surface area contributed by atoms with Crippen LogP contribution < -0.4 is 0 Å². The van der Waals surface area contributed by atoms with Crippen molar-refractivity contribution in [3.8, 4) is 0 Å². The number of ether oxygens (including phenoxy) is 1. The molecule has 0 N–H and O–H groups in total. The largest absolute Gasteiger partial charge is 0.379 e. The number of aryl methyl sites for hydroxylation is 1. The summed E-state index contributed by atoms with van der Waals surface area (Å²) < 4.78 is 7.37. The molecule has 0 bridgehead atoms. The van der Waals surface area contributed by atoms with Crippen LogP contribution in [-0.4, -0.2) is 52.7 Å². The number of nitrogens with zero attached hydrogens (tertiary/aromatic N) is 4. The Balaban J connectivity index is 2.07. The lowest BCUT2D eigenvalue weighted by Gasteiger charge is -2.26. The number of methoxy groups -OCH3 is 1. The van der Waals surface area contributed by atoms with E-state index in [-0.39, 0.29) is 6.10 Å². The van der Waals surface area contributed by atoms with Gasteiger partial charge in [-0.25, -0.2) is 0 Å². The second-order valence-corrected chi connectivity index (χ2v) is 6.45. The van der Waals surface area contributed by atoms with Gasteiger partial charge in [-0.3, -0.25) is 9.58 Å². The van der Waals surface area contributed by atoms with Crippen LogP contribution in [0.3, 0.4) is 0 Å². The second kappa shape index (κ2) is 4.97. The number of hydrogen-bond acceptors (Lipinski definition) is 4. The molecule has 2 rings (SSSR count). The number of rotatable bonds is 3. The highest BCUT2D eigenvalue weighted by atomic mass is 16.5. The minimum Gasteiger partial charge on any atom is -0.379 e. The van der Waals surface area contributed by atoms with Crippen LogP contribution in [0.1, 0.15) is 32.4 Å². The van der Waals surface area contributed by atoms with E-state index in [1.165, 1.54) is 0 Å². The molecule has 102 valence electrons. The Kier molecular flexibility index (Phi) is 3.73. The minimum atomic E-state index is 0.226. The van der Waals surface area contributed by atoms with Crippen LogP contribution in [0.25, 0.3) is 0 Å². The summed E-state index contributed by atoms with van der Waals surface area (Å²) in [5.74, 6) is 0.339. The third-order valence-electron chi connectivity index (χ3n) is 3.34. The van der Waals surface area contributed by atoms with Crippen LogP contribution in [0.4, 0.5) is 0 Å². The van der Waals surface area contributed by atoms with E-state index in [1.54, 1.807) is 11.8 Å². The summed E-state index contributed by atoms with van der Waals surface area (Å²) in [6.07, 6.45) is 2.22. The Morgan fingerprint density at radius 2 is 2.11 bits per heavy atom. The van der Waals surface area contributed by atoms with Gasteiger partial charge in [0.25, 0.3) is 0 Å². The molecule has 1 aliphatic rings. The van der Waals surface area contributed by atoms with E-state index in [4.69, 9.17) is 4.74 Å². The van der Waals surface area contributed by atoms with Crippen molar-refractivity contribution in [1.82, 2.24) is 19.9 Å². The monoisotopic (exact) mass is 252 g/mol. The Morgan fingerprint density at radius 3 is 2.61 bits per heavy atom. The van der Waals surface area contributed by atoms with Crippen molar-refractivity contribution >= 4 is 0 Å². The van der Waals surface area contributed by atoms with Crippen molar-refractivity contribution in [2.24, 2.45) is 12.5 Å². The lowest BCUT2D eigenvalue weighted by molar-refractivity contribution is 0.0926. The van der Waals surface area contributed by atoms with Crippen molar-refractivity contribution in [2.75, 3.05) is 26.7 Å². The molecule has 2 atom stereocenters. The number of likely N-dealkylation sites (tertiary alicyclic amines) is 1. The van der Waals surface area contributed by atoms with Gasteiger partial charge in [-0.1, -0.05) is 26.0 Å². The van der Waals surface area contributed by atoms with Crippen molar-refractivity contribution in [1.29, 1.82) is 0 Å². The molecule has 2 heterocycles. The van der Waals surface area contributed by atoms with E-state index >= 15 is 0 Å². The molecule has 1 fully saturated rings. The highest BCUT2D eigenvalue weighted by molar-refractivity contribution is 5.10. The highest BCUT2D eigenvalue weighted by Crippen LogP contribution is 2.30. The number of aromatic nitrogens is 3. The summed E-state index contributed by atoms with van der Waals surface area (Å²) in [5, 5.41) is 8.26. The van der Waals surface area contributed by atoms with Gasteiger partial charge in [0.2, 0.25) is 0 Å². The lowest BCUT2D eigenvalue weighted by Crippen LogP contribution is -2.31. The molecular weight excluding hydrogens is 228 g/mol. The summed E-state index contributed by atoms with van der Waals surface area (Å²) >= 11 is 0. The maximum Gasteiger partial charge on any atom is 0.0897 e. The van der Waals surface area contributed by atoms with E-state index in [1.807, 2.05) is 13.2 Å². The molecule has 1 saturated heterocycles. The summed E-state index contributed by atoms with van der Waals surface area (Å²) in [6.45, 7) is 9.88. The van der Waals surface area contributed by atoms with E-state index in [2.05, 4.69) is 36.0 Å². The Bertz CT molecular complexity index is 396. The fourth-order valence-electron chi connectivity index (χ4n) is 2.71. The highest BCUT2D eigenvalue weighted by Gasteiger charge is 2.36. The zero-order valence-corrected chi connectivity index (χ0v) is 12.1. The fourth-order valence-corrected chi connectivity index (χ4v) is 2.71. The predicted octanol–water partition coefficient (Wildman–Crippen LogP) is 1.28. The van der Waals surface area contributed by atoms with E-state index < -0.39 is 0 Å². The zero-order chi connectivity index (χ0) is 13.3. The second-order valence-electron chi connectivity index (χ2n) is 6.45. The molecule has 0 aromatic carbocycles. The standard InChI is InChI=1S/C13H24N4O/c1-13(2,3)9-17-6-10(12(8-17)18-5)11-7-16(4)15-14-11/h7,10,12H,6,8-9H2,1-5H3/t10-,12+/m0/s1. The summed E-state index contributed by atoms with van der Waals surface area (Å²) in [5.41, 5.74) is 1.36. The fraction of sp³-hybridized carbons (Fsp3) is 0.846. The Hall–Kier alpha value is -0.940. The maximum atomic E-state index is 5.61. The van der Waals surface area contributed by atoms with Crippen LogP contribution in [0.5, 0.6) is 0 Å². The molecule has 1 aliphatic heterocycles. The van der Waals surface area contributed by atoms with Gasteiger partial charge < -0.3 is 4.74 Å². The quantitative estimate of drug-likeness (QED) is 0.812. The van der Waals surface area contributed by atoms with Gasteiger partial charge in [0, 0.05) is 45.9 Å². The van der Waals surface area contributed by atoms with E-state index in [0.717, 1.165) is 25.3 Å². The van der Waals surface area contributed by atoms with Crippen LogP contribution in [0.2, 0.25) is 0 Å². The third kappa shape index (κ3) is 3.09. The van der Waals surface area contributed by atoms with Crippen molar-refractivity contribution < 1.29 is 4.74 Å². The first-order chi connectivity index (χ1) is 8.39. The van der Waals surface area contributed by atoms with Gasteiger partial charge >= 0.3 is 0 Å². The van der Waals surface area contributed by atoms with Crippen molar-refractivity contribution in [2.45, 2.75) is 32.8 Å². The average molecular weight is 252 g/mol. The SMILES string of the molecule is CO[C@@H]1CN(CC(C)(C)C)C[C@H]1c1cn(C)nn1. The van der Waals surface area contributed by atoms with Gasteiger partial charge in [-0.15, -0.1) is 5.10 Å². The first-order valence-electron chi connectivity index (χ1n) is 6.50. The number of hydrogen-bond donors (Lipinski definition) is 0.